The number of benzene rings is 1. The van der Waals surface area contributed by atoms with Crippen LogP contribution < -0.4 is 5.32 Å². The number of carbonyl (C=O) groups is 1. The first-order chi connectivity index (χ1) is 9.04. The molecule has 0 saturated carbocycles. The Balaban J connectivity index is 1.88. The minimum absolute atomic E-state index is 0.127. The third-order valence-corrected chi connectivity index (χ3v) is 3.15. The van der Waals surface area contributed by atoms with E-state index in [9.17, 15) is 9.18 Å². The summed E-state index contributed by atoms with van der Waals surface area (Å²) in [6.07, 6.45) is 0.151. The van der Waals surface area contributed by atoms with Crippen molar-refractivity contribution >= 4 is 11.6 Å². The largest absolute Gasteiger partial charge is 0.376 e. The Hall–Kier alpha value is -1.46. The van der Waals surface area contributed by atoms with Gasteiger partial charge in [-0.3, -0.25) is 9.69 Å². The summed E-state index contributed by atoms with van der Waals surface area (Å²) in [5.41, 5.74) is 1.06. The van der Waals surface area contributed by atoms with Crippen LogP contribution in [0.5, 0.6) is 0 Å². The maximum atomic E-state index is 13.4. The van der Waals surface area contributed by atoms with Crippen molar-refractivity contribution < 1.29 is 13.9 Å². The van der Waals surface area contributed by atoms with Gasteiger partial charge in [0.15, 0.2) is 0 Å². The van der Waals surface area contributed by atoms with Crippen molar-refractivity contribution in [3.63, 3.8) is 0 Å². The van der Waals surface area contributed by atoms with Gasteiger partial charge >= 0.3 is 0 Å². The monoisotopic (exact) mass is 266 g/mol. The summed E-state index contributed by atoms with van der Waals surface area (Å²) in [6.45, 7) is 6.13. The lowest BCUT2D eigenvalue weighted by Crippen LogP contribution is -2.44. The van der Waals surface area contributed by atoms with Crippen LogP contribution in [-0.2, 0) is 9.53 Å². The Morgan fingerprint density at radius 3 is 3.05 bits per heavy atom. The zero-order chi connectivity index (χ0) is 13.8. The van der Waals surface area contributed by atoms with Crippen molar-refractivity contribution in [1.82, 2.24) is 4.90 Å². The number of rotatable bonds is 3. The summed E-state index contributed by atoms with van der Waals surface area (Å²) >= 11 is 0. The lowest BCUT2D eigenvalue weighted by atomic mass is 10.2. The quantitative estimate of drug-likeness (QED) is 0.907. The first-order valence-corrected chi connectivity index (χ1v) is 6.44. The molecule has 2 rings (SSSR count). The maximum Gasteiger partial charge on any atom is 0.238 e. The van der Waals surface area contributed by atoms with E-state index in [4.69, 9.17) is 4.74 Å². The normalized spacial score (nSPS) is 20.3. The van der Waals surface area contributed by atoms with Crippen LogP contribution >= 0.6 is 0 Å². The molecule has 1 aliphatic heterocycles. The molecule has 1 unspecified atom stereocenters. The molecule has 4 nitrogen and oxygen atoms in total. The lowest BCUT2D eigenvalue weighted by molar-refractivity contribution is -0.119. The Kier molecular flexibility index (Phi) is 4.50. The smallest absolute Gasteiger partial charge is 0.238 e. The number of nitrogens with zero attached hydrogens (tertiary/aromatic N) is 1. The molecule has 1 amide bonds. The number of hydrogen-bond acceptors (Lipinski definition) is 3. The van der Waals surface area contributed by atoms with Gasteiger partial charge in [0.1, 0.15) is 5.82 Å². The number of carbonyl (C=O) groups excluding carboxylic acids is 1. The zero-order valence-electron chi connectivity index (χ0n) is 11.3. The van der Waals surface area contributed by atoms with E-state index in [1.807, 2.05) is 11.8 Å². The molecule has 0 radical (unpaired) electrons. The fraction of sp³-hybridized carbons (Fsp3) is 0.500. The van der Waals surface area contributed by atoms with Crippen LogP contribution in [0.2, 0.25) is 0 Å². The Morgan fingerprint density at radius 2 is 2.37 bits per heavy atom. The number of amides is 1. The van der Waals surface area contributed by atoms with Crippen LogP contribution in [0.25, 0.3) is 0 Å². The van der Waals surface area contributed by atoms with Crippen molar-refractivity contribution in [3.05, 3.63) is 29.6 Å². The average Bonchev–Trinajstić information content (AvgIpc) is 2.34. The molecule has 1 saturated heterocycles. The minimum Gasteiger partial charge on any atom is -0.376 e. The van der Waals surface area contributed by atoms with E-state index in [1.54, 1.807) is 19.1 Å². The molecule has 1 atom stereocenters. The first kappa shape index (κ1) is 14.0. The van der Waals surface area contributed by atoms with Crippen LogP contribution in [0.3, 0.4) is 0 Å². The maximum absolute atomic E-state index is 13.4. The van der Waals surface area contributed by atoms with E-state index in [0.717, 1.165) is 13.1 Å². The van der Waals surface area contributed by atoms with Gasteiger partial charge in [-0.15, -0.1) is 0 Å². The third kappa shape index (κ3) is 4.01. The second-order valence-electron chi connectivity index (χ2n) is 4.93. The molecule has 104 valence electrons. The Bertz CT molecular complexity index is 465. The van der Waals surface area contributed by atoms with Crippen LogP contribution in [0.4, 0.5) is 10.1 Å². The third-order valence-electron chi connectivity index (χ3n) is 3.15. The van der Waals surface area contributed by atoms with Crippen LogP contribution in [-0.4, -0.2) is 43.2 Å². The molecule has 5 heteroatoms. The highest BCUT2D eigenvalue weighted by atomic mass is 19.1. The van der Waals surface area contributed by atoms with Crippen molar-refractivity contribution in [1.29, 1.82) is 0 Å². The topological polar surface area (TPSA) is 41.6 Å². The first-order valence-electron chi connectivity index (χ1n) is 6.44. The summed E-state index contributed by atoms with van der Waals surface area (Å²) in [7, 11) is 0. The van der Waals surface area contributed by atoms with Gasteiger partial charge in [0, 0.05) is 18.8 Å². The fourth-order valence-corrected chi connectivity index (χ4v) is 2.11. The van der Waals surface area contributed by atoms with Gasteiger partial charge in [0.05, 0.1) is 19.3 Å². The summed E-state index contributed by atoms with van der Waals surface area (Å²) in [6, 6.07) is 4.70. The number of anilines is 1. The van der Waals surface area contributed by atoms with Crippen molar-refractivity contribution in [2.75, 3.05) is 31.6 Å². The average molecular weight is 266 g/mol. The summed E-state index contributed by atoms with van der Waals surface area (Å²) in [4.78, 5) is 13.9. The number of ether oxygens (including phenoxy) is 1. The van der Waals surface area contributed by atoms with Crippen molar-refractivity contribution in [2.24, 2.45) is 0 Å². The summed E-state index contributed by atoms with van der Waals surface area (Å²) in [5, 5.41) is 2.71. The second-order valence-corrected chi connectivity index (χ2v) is 4.93. The molecular weight excluding hydrogens is 247 g/mol. The molecule has 0 spiro atoms. The van der Waals surface area contributed by atoms with Gasteiger partial charge in [-0.05, 0) is 31.5 Å². The van der Waals surface area contributed by atoms with Gasteiger partial charge < -0.3 is 10.1 Å². The lowest BCUT2D eigenvalue weighted by Gasteiger charge is -2.30. The number of morpholine rings is 1. The van der Waals surface area contributed by atoms with Crippen LogP contribution in [0, 0.1) is 12.7 Å². The van der Waals surface area contributed by atoms with E-state index in [1.165, 1.54) is 6.07 Å². The van der Waals surface area contributed by atoms with Gasteiger partial charge in [0.25, 0.3) is 0 Å². The van der Waals surface area contributed by atoms with E-state index < -0.39 is 0 Å². The molecule has 1 aliphatic rings. The standard InChI is InChI=1S/C14H19FN2O2/c1-10-3-4-12(7-13(10)15)16-14(18)9-17-5-6-19-11(2)8-17/h3-4,7,11H,5-6,8-9H2,1-2H3,(H,16,18). The molecule has 1 fully saturated rings. The van der Waals surface area contributed by atoms with Gasteiger partial charge in [-0.1, -0.05) is 6.07 Å². The summed E-state index contributed by atoms with van der Waals surface area (Å²) < 4.78 is 18.8. The molecule has 1 aromatic rings. The molecule has 0 aliphatic carbocycles. The molecule has 1 heterocycles. The molecular formula is C14H19FN2O2. The predicted octanol–water partition coefficient (Wildman–Crippen LogP) is 1.79. The highest BCUT2D eigenvalue weighted by Gasteiger charge is 2.18. The highest BCUT2D eigenvalue weighted by Crippen LogP contribution is 2.13. The summed E-state index contributed by atoms with van der Waals surface area (Å²) in [5.74, 6) is -0.435. The molecule has 0 bridgehead atoms. The molecule has 0 aromatic heterocycles. The Labute approximate surface area is 112 Å². The highest BCUT2D eigenvalue weighted by molar-refractivity contribution is 5.92. The van der Waals surface area contributed by atoms with Crippen LogP contribution in [0.15, 0.2) is 18.2 Å². The van der Waals surface area contributed by atoms with E-state index >= 15 is 0 Å². The molecule has 1 N–H and O–H groups in total. The Morgan fingerprint density at radius 1 is 1.58 bits per heavy atom. The number of hydrogen-bond donors (Lipinski definition) is 1. The zero-order valence-corrected chi connectivity index (χ0v) is 11.3. The van der Waals surface area contributed by atoms with E-state index in [0.29, 0.717) is 24.4 Å². The molecule has 19 heavy (non-hydrogen) atoms. The van der Waals surface area contributed by atoms with Crippen molar-refractivity contribution in [3.8, 4) is 0 Å². The number of aryl methyl sites for hydroxylation is 1. The van der Waals surface area contributed by atoms with Gasteiger partial charge in [0.2, 0.25) is 5.91 Å². The van der Waals surface area contributed by atoms with E-state index in [2.05, 4.69) is 5.32 Å². The minimum atomic E-state index is -0.308. The van der Waals surface area contributed by atoms with Gasteiger partial charge in [-0.2, -0.15) is 0 Å². The predicted molar refractivity (Wildman–Crippen MR) is 71.6 cm³/mol. The number of halogens is 1. The van der Waals surface area contributed by atoms with E-state index in [-0.39, 0.29) is 17.8 Å². The van der Waals surface area contributed by atoms with Crippen molar-refractivity contribution in [2.45, 2.75) is 20.0 Å². The van der Waals surface area contributed by atoms with Gasteiger partial charge in [-0.25, -0.2) is 4.39 Å². The fourth-order valence-electron chi connectivity index (χ4n) is 2.11. The van der Waals surface area contributed by atoms with Crippen LogP contribution in [0.1, 0.15) is 12.5 Å². The SMILES string of the molecule is Cc1ccc(NC(=O)CN2CCOC(C)C2)cc1F. The molecule has 1 aromatic carbocycles. The second kappa shape index (κ2) is 6.12. The number of nitrogens with one attached hydrogen (secondary N) is 1.